The van der Waals surface area contributed by atoms with Crippen LogP contribution in [0, 0.1) is 12.8 Å². The molecule has 5 nitrogen and oxygen atoms in total. The average Bonchev–Trinajstić information content (AvgIpc) is 2.62. The minimum absolute atomic E-state index is 0.0850. The first-order chi connectivity index (χ1) is 9.60. The van der Waals surface area contributed by atoms with Crippen LogP contribution in [0.3, 0.4) is 0 Å². The van der Waals surface area contributed by atoms with E-state index in [0.29, 0.717) is 0 Å². The van der Waals surface area contributed by atoms with Crippen LogP contribution in [0.4, 0.5) is 0 Å². The molecule has 1 aromatic rings. The first kappa shape index (κ1) is 15.7. The number of sulfonamides is 1. The molecule has 1 amide bonds. The van der Waals surface area contributed by atoms with Crippen molar-refractivity contribution in [3.8, 4) is 0 Å². The van der Waals surface area contributed by atoms with Crippen LogP contribution >= 0.6 is 0 Å². The van der Waals surface area contributed by atoms with E-state index in [1.165, 1.54) is 12.1 Å². The van der Waals surface area contributed by atoms with Gasteiger partial charge in [0.25, 0.3) is 15.9 Å². The van der Waals surface area contributed by atoms with Gasteiger partial charge in [-0.15, -0.1) is 0 Å². The molecule has 21 heavy (non-hydrogen) atoms. The maximum absolute atomic E-state index is 12.7. The number of amides is 1. The van der Waals surface area contributed by atoms with Gasteiger partial charge < -0.3 is 0 Å². The fourth-order valence-corrected chi connectivity index (χ4v) is 3.74. The highest BCUT2D eigenvalue weighted by Gasteiger charge is 2.50. The summed E-state index contributed by atoms with van der Waals surface area (Å²) in [5, 5.41) is 0. The maximum Gasteiger partial charge on any atom is 0.271 e. The highest BCUT2D eigenvalue weighted by molar-refractivity contribution is 7.90. The molecule has 0 spiro atoms. The molecule has 0 saturated carbocycles. The third kappa shape index (κ3) is 2.37. The second-order valence-electron chi connectivity index (χ2n) is 5.85. The van der Waals surface area contributed by atoms with Gasteiger partial charge in [0.1, 0.15) is 11.4 Å². The molecular formula is C15H20N2O3S. The van der Waals surface area contributed by atoms with E-state index >= 15 is 0 Å². The van der Waals surface area contributed by atoms with Crippen molar-refractivity contribution in [3.05, 3.63) is 29.8 Å². The van der Waals surface area contributed by atoms with E-state index in [2.05, 4.69) is 4.99 Å². The van der Waals surface area contributed by atoms with Crippen molar-refractivity contribution < 1.29 is 13.2 Å². The zero-order valence-electron chi connectivity index (χ0n) is 12.9. The van der Waals surface area contributed by atoms with Crippen LogP contribution < -0.4 is 0 Å². The van der Waals surface area contributed by atoms with Gasteiger partial charge >= 0.3 is 0 Å². The van der Waals surface area contributed by atoms with E-state index in [9.17, 15) is 13.2 Å². The molecule has 1 aliphatic heterocycles. The van der Waals surface area contributed by atoms with Crippen molar-refractivity contribution in [1.82, 2.24) is 4.31 Å². The first-order valence-electron chi connectivity index (χ1n) is 6.83. The number of hydrogen-bond acceptors (Lipinski definition) is 4. The second-order valence-corrected chi connectivity index (χ2v) is 7.64. The molecule has 0 bridgehead atoms. The summed E-state index contributed by atoms with van der Waals surface area (Å²) in [5.74, 6) is -0.356. The zero-order chi connectivity index (χ0) is 16.0. The van der Waals surface area contributed by atoms with E-state index in [0.717, 1.165) is 9.87 Å². The molecule has 1 unspecified atom stereocenters. The number of amidine groups is 1. The lowest BCUT2D eigenvalue weighted by Gasteiger charge is -2.25. The van der Waals surface area contributed by atoms with E-state index < -0.39 is 21.5 Å². The number of benzene rings is 1. The predicted octanol–water partition coefficient (Wildman–Crippen LogP) is 2.36. The molecule has 0 fully saturated rings. The largest absolute Gasteiger partial charge is 0.271 e. The highest BCUT2D eigenvalue weighted by Crippen LogP contribution is 2.33. The Balaban J connectivity index is 2.50. The summed E-state index contributed by atoms with van der Waals surface area (Å²) in [7, 11) is -3.91. The zero-order valence-corrected chi connectivity index (χ0v) is 13.7. The number of aryl methyl sites for hydroxylation is 1. The Bertz CT molecular complexity index is 705. The molecule has 0 aliphatic carbocycles. The van der Waals surface area contributed by atoms with Crippen LogP contribution in [0.2, 0.25) is 0 Å². The van der Waals surface area contributed by atoms with E-state index in [1.807, 2.05) is 20.8 Å². The molecule has 1 atom stereocenters. The van der Waals surface area contributed by atoms with Crippen LogP contribution in [0.25, 0.3) is 0 Å². The molecule has 0 radical (unpaired) electrons. The van der Waals surface area contributed by atoms with Crippen molar-refractivity contribution in [2.24, 2.45) is 10.9 Å². The predicted molar refractivity (Wildman–Crippen MR) is 81.6 cm³/mol. The minimum Gasteiger partial charge on any atom is -0.271 e. The Morgan fingerprint density at radius 3 is 2.10 bits per heavy atom. The Labute approximate surface area is 125 Å². The lowest BCUT2D eigenvalue weighted by molar-refractivity contribution is -0.128. The van der Waals surface area contributed by atoms with E-state index in [1.54, 1.807) is 26.0 Å². The smallest absolute Gasteiger partial charge is 0.271 e. The Hall–Kier alpha value is -1.69. The standard InChI is InChI=1S/C15H20N2O3S/c1-10(2)15(5)14(18)17(12(4)16-15)21(19,20)13-8-6-11(3)7-9-13/h6-10H,1-5H3. The van der Waals surface area contributed by atoms with Crippen molar-refractivity contribution in [2.75, 3.05) is 0 Å². The van der Waals surface area contributed by atoms with Gasteiger partial charge in [0.05, 0.1) is 4.90 Å². The maximum atomic E-state index is 12.7. The molecular weight excluding hydrogens is 288 g/mol. The number of hydrogen-bond donors (Lipinski definition) is 0. The number of aliphatic imine (C=N–C) groups is 1. The molecule has 1 aliphatic rings. The Kier molecular flexibility index (Phi) is 3.70. The lowest BCUT2D eigenvalue weighted by atomic mass is 9.89. The molecule has 2 rings (SSSR count). The van der Waals surface area contributed by atoms with Crippen LogP contribution in [0.5, 0.6) is 0 Å². The summed E-state index contributed by atoms with van der Waals surface area (Å²) in [6.45, 7) is 8.82. The van der Waals surface area contributed by atoms with Gasteiger partial charge in [-0.25, -0.2) is 8.42 Å². The lowest BCUT2D eigenvalue weighted by Crippen LogP contribution is -2.46. The first-order valence-corrected chi connectivity index (χ1v) is 8.27. The quantitative estimate of drug-likeness (QED) is 0.861. The number of carbonyl (C=O) groups excluding carboxylic acids is 1. The van der Waals surface area contributed by atoms with Gasteiger partial charge in [-0.2, -0.15) is 4.31 Å². The molecule has 1 aromatic carbocycles. The van der Waals surface area contributed by atoms with Gasteiger partial charge in [0, 0.05) is 0 Å². The van der Waals surface area contributed by atoms with Crippen molar-refractivity contribution in [1.29, 1.82) is 0 Å². The van der Waals surface area contributed by atoms with Gasteiger partial charge in [0.2, 0.25) is 0 Å². The fourth-order valence-electron chi connectivity index (χ4n) is 2.26. The van der Waals surface area contributed by atoms with Crippen LogP contribution in [0.1, 0.15) is 33.3 Å². The highest BCUT2D eigenvalue weighted by atomic mass is 32.2. The summed E-state index contributed by atoms with van der Waals surface area (Å²) in [4.78, 5) is 17.0. The van der Waals surface area contributed by atoms with Gasteiger partial charge in [-0.1, -0.05) is 31.5 Å². The monoisotopic (exact) mass is 308 g/mol. The summed E-state index contributed by atoms with van der Waals surface area (Å²) < 4.78 is 26.2. The van der Waals surface area contributed by atoms with Crippen LogP contribution in [-0.4, -0.2) is 30.0 Å². The Morgan fingerprint density at radius 1 is 1.14 bits per heavy atom. The van der Waals surface area contributed by atoms with Crippen LogP contribution in [0.15, 0.2) is 34.2 Å². The van der Waals surface area contributed by atoms with Crippen LogP contribution in [-0.2, 0) is 14.8 Å². The topological polar surface area (TPSA) is 66.8 Å². The molecule has 6 heteroatoms. The molecule has 0 saturated heterocycles. The van der Waals surface area contributed by atoms with E-state index in [-0.39, 0.29) is 16.6 Å². The molecule has 1 heterocycles. The van der Waals surface area contributed by atoms with Crippen molar-refractivity contribution in [3.63, 3.8) is 0 Å². The summed E-state index contributed by atoms with van der Waals surface area (Å²) in [5.41, 5.74) is -0.0684. The van der Waals surface area contributed by atoms with Crippen molar-refractivity contribution >= 4 is 21.8 Å². The third-order valence-corrected chi connectivity index (χ3v) is 5.77. The van der Waals surface area contributed by atoms with Gasteiger partial charge in [0.15, 0.2) is 0 Å². The summed E-state index contributed by atoms with van der Waals surface area (Å²) in [6, 6.07) is 6.44. The average molecular weight is 308 g/mol. The number of rotatable bonds is 3. The SMILES string of the molecule is CC1=NC(C)(C(C)C)C(=O)N1S(=O)(=O)c1ccc(C)cc1. The number of carbonyl (C=O) groups is 1. The van der Waals surface area contributed by atoms with E-state index in [4.69, 9.17) is 0 Å². The second kappa shape index (κ2) is 4.94. The Morgan fingerprint density at radius 2 is 1.67 bits per heavy atom. The van der Waals surface area contributed by atoms with Gasteiger partial charge in [-0.05, 0) is 38.8 Å². The molecule has 0 N–H and O–H groups in total. The minimum atomic E-state index is -3.91. The summed E-state index contributed by atoms with van der Waals surface area (Å²) >= 11 is 0. The number of nitrogens with zero attached hydrogens (tertiary/aromatic N) is 2. The fraction of sp³-hybridized carbons (Fsp3) is 0.467. The van der Waals surface area contributed by atoms with Crippen molar-refractivity contribution in [2.45, 2.75) is 45.1 Å². The molecule has 114 valence electrons. The third-order valence-electron chi connectivity index (χ3n) is 3.99. The van der Waals surface area contributed by atoms with Gasteiger partial charge in [-0.3, -0.25) is 9.79 Å². The summed E-state index contributed by atoms with van der Waals surface area (Å²) in [6.07, 6.45) is 0. The normalized spacial score (nSPS) is 22.9. The molecule has 0 aromatic heterocycles.